The highest BCUT2D eigenvalue weighted by atomic mass is 16.5. The van der Waals surface area contributed by atoms with Crippen LogP contribution in [0.2, 0.25) is 0 Å². The lowest BCUT2D eigenvalue weighted by atomic mass is 10.1. The van der Waals surface area contributed by atoms with E-state index >= 15 is 0 Å². The molecule has 0 saturated carbocycles. The number of methoxy groups -OCH3 is 1. The average Bonchev–Trinajstić information content (AvgIpc) is 2.62. The number of carboxylic acid groups (broad SMARTS) is 2. The first-order valence-electron chi connectivity index (χ1n) is 7.80. The molecule has 1 fully saturated rings. The van der Waals surface area contributed by atoms with E-state index in [1.165, 1.54) is 10.9 Å². The zero-order valence-electron chi connectivity index (χ0n) is 14.2. The summed E-state index contributed by atoms with van der Waals surface area (Å²) in [6.45, 7) is 6.19. The summed E-state index contributed by atoms with van der Waals surface area (Å²) in [7, 11) is 1.70. The number of piperazine rings is 1. The number of aromatic nitrogens is 1. The van der Waals surface area contributed by atoms with Gasteiger partial charge in [-0.05, 0) is 24.6 Å². The quantitative estimate of drug-likeness (QED) is 0.693. The summed E-state index contributed by atoms with van der Waals surface area (Å²) >= 11 is 0. The Kier molecular flexibility index (Phi) is 6.13. The Morgan fingerprint density at radius 3 is 2.40 bits per heavy atom. The number of carbonyl (C=O) groups is 2. The molecule has 1 aliphatic rings. The van der Waals surface area contributed by atoms with Gasteiger partial charge < -0.3 is 25.2 Å². The zero-order valence-corrected chi connectivity index (χ0v) is 14.2. The van der Waals surface area contributed by atoms with Crippen LogP contribution in [0.25, 0.3) is 10.9 Å². The SMILES string of the molecule is COc1cccc2c(C)cc(N3CCNCC3)nc12.O=C(O)C(=O)O. The minimum Gasteiger partial charge on any atom is -0.494 e. The number of aliphatic carboxylic acids is 2. The third kappa shape index (κ3) is 4.57. The summed E-state index contributed by atoms with van der Waals surface area (Å²) in [5.41, 5.74) is 2.20. The minimum atomic E-state index is -1.82. The van der Waals surface area contributed by atoms with Crippen LogP contribution in [0.4, 0.5) is 5.82 Å². The number of rotatable bonds is 2. The van der Waals surface area contributed by atoms with E-state index in [0.717, 1.165) is 43.3 Å². The molecule has 0 atom stereocenters. The molecule has 8 nitrogen and oxygen atoms in total. The van der Waals surface area contributed by atoms with Gasteiger partial charge in [0.05, 0.1) is 7.11 Å². The van der Waals surface area contributed by atoms with Crippen molar-refractivity contribution in [2.24, 2.45) is 0 Å². The Labute approximate surface area is 145 Å². The number of ether oxygens (including phenoxy) is 1. The van der Waals surface area contributed by atoms with Gasteiger partial charge >= 0.3 is 11.9 Å². The van der Waals surface area contributed by atoms with E-state index in [-0.39, 0.29) is 0 Å². The van der Waals surface area contributed by atoms with Gasteiger partial charge in [0.1, 0.15) is 17.1 Å². The van der Waals surface area contributed by atoms with Gasteiger partial charge in [-0.25, -0.2) is 14.6 Å². The molecule has 8 heteroatoms. The van der Waals surface area contributed by atoms with Gasteiger partial charge in [-0.2, -0.15) is 0 Å². The highest BCUT2D eigenvalue weighted by Gasteiger charge is 2.14. The van der Waals surface area contributed by atoms with Crippen molar-refractivity contribution in [3.8, 4) is 5.75 Å². The summed E-state index contributed by atoms with van der Waals surface area (Å²) in [4.78, 5) is 25.3. The molecule has 0 bridgehead atoms. The number of anilines is 1. The third-order valence-corrected chi connectivity index (χ3v) is 3.84. The number of nitrogens with zero attached hydrogens (tertiary/aromatic N) is 2. The van der Waals surface area contributed by atoms with Gasteiger partial charge in [0.15, 0.2) is 0 Å². The standard InChI is InChI=1S/C15H19N3O.C2H2O4/c1-11-10-14(18-8-6-16-7-9-18)17-15-12(11)4-3-5-13(15)19-2;3-1(4)2(5)6/h3-5,10,16H,6-9H2,1-2H3;(H,3,4)(H,5,6). The number of nitrogens with one attached hydrogen (secondary N) is 1. The predicted molar refractivity (Wildman–Crippen MR) is 93.4 cm³/mol. The van der Waals surface area contributed by atoms with Crippen LogP contribution in [0.1, 0.15) is 5.56 Å². The van der Waals surface area contributed by atoms with Crippen LogP contribution >= 0.6 is 0 Å². The van der Waals surface area contributed by atoms with Crippen molar-refractivity contribution in [3.63, 3.8) is 0 Å². The summed E-state index contributed by atoms with van der Waals surface area (Å²) in [6.07, 6.45) is 0. The van der Waals surface area contributed by atoms with Crippen LogP contribution in [0.3, 0.4) is 0 Å². The Morgan fingerprint density at radius 1 is 1.20 bits per heavy atom. The van der Waals surface area contributed by atoms with Gasteiger partial charge in [-0.15, -0.1) is 0 Å². The molecule has 1 aromatic carbocycles. The fraction of sp³-hybridized carbons (Fsp3) is 0.353. The molecule has 1 aliphatic heterocycles. The van der Waals surface area contributed by atoms with Crippen molar-refractivity contribution in [1.82, 2.24) is 10.3 Å². The number of para-hydroxylation sites is 1. The molecule has 3 rings (SSSR count). The van der Waals surface area contributed by atoms with Gasteiger partial charge in [0.2, 0.25) is 0 Å². The Hall–Kier alpha value is -2.87. The van der Waals surface area contributed by atoms with E-state index in [1.54, 1.807) is 7.11 Å². The minimum absolute atomic E-state index is 0.845. The molecule has 25 heavy (non-hydrogen) atoms. The number of benzene rings is 1. The van der Waals surface area contributed by atoms with Crippen molar-refractivity contribution >= 4 is 28.7 Å². The van der Waals surface area contributed by atoms with Crippen LogP contribution in [0, 0.1) is 6.92 Å². The molecule has 1 aromatic heterocycles. The van der Waals surface area contributed by atoms with Gasteiger partial charge in [0, 0.05) is 31.6 Å². The van der Waals surface area contributed by atoms with Crippen LogP contribution in [0.15, 0.2) is 24.3 Å². The Balaban J connectivity index is 0.000000326. The van der Waals surface area contributed by atoms with Crippen LogP contribution < -0.4 is 15.0 Å². The van der Waals surface area contributed by atoms with Gasteiger partial charge in [0.25, 0.3) is 0 Å². The zero-order chi connectivity index (χ0) is 18.4. The van der Waals surface area contributed by atoms with Crippen LogP contribution in [-0.4, -0.2) is 60.4 Å². The molecule has 1 saturated heterocycles. The second-order valence-electron chi connectivity index (χ2n) is 5.50. The van der Waals surface area contributed by atoms with Crippen molar-refractivity contribution < 1.29 is 24.5 Å². The summed E-state index contributed by atoms with van der Waals surface area (Å²) in [5, 5.41) is 19.3. The molecule has 2 aromatic rings. The fourth-order valence-electron chi connectivity index (χ4n) is 2.59. The maximum atomic E-state index is 9.10. The van der Waals surface area contributed by atoms with Gasteiger partial charge in [-0.3, -0.25) is 0 Å². The van der Waals surface area contributed by atoms with E-state index in [4.69, 9.17) is 29.5 Å². The molecule has 0 unspecified atom stereocenters. The molecule has 2 heterocycles. The van der Waals surface area contributed by atoms with E-state index in [2.05, 4.69) is 29.3 Å². The number of fused-ring (bicyclic) bond motifs is 1. The Morgan fingerprint density at radius 2 is 1.84 bits per heavy atom. The first kappa shape index (κ1) is 18.5. The number of hydrogen-bond donors (Lipinski definition) is 3. The lowest BCUT2D eigenvalue weighted by Gasteiger charge is -2.29. The molecule has 134 valence electrons. The molecule has 3 N–H and O–H groups in total. The lowest BCUT2D eigenvalue weighted by molar-refractivity contribution is -0.159. The first-order chi connectivity index (χ1) is 11.9. The van der Waals surface area contributed by atoms with Crippen molar-refractivity contribution in [2.45, 2.75) is 6.92 Å². The average molecular weight is 347 g/mol. The topological polar surface area (TPSA) is 112 Å². The molecular formula is C17H21N3O5. The Bertz CT molecular complexity index is 760. The van der Waals surface area contributed by atoms with Crippen molar-refractivity contribution in [3.05, 3.63) is 29.8 Å². The highest BCUT2D eigenvalue weighted by molar-refractivity contribution is 6.27. The largest absolute Gasteiger partial charge is 0.494 e. The smallest absolute Gasteiger partial charge is 0.414 e. The normalized spacial score (nSPS) is 13.8. The van der Waals surface area contributed by atoms with E-state index in [1.807, 2.05) is 12.1 Å². The van der Waals surface area contributed by atoms with Crippen molar-refractivity contribution in [2.75, 3.05) is 38.2 Å². The van der Waals surface area contributed by atoms with Crippen LogP contribution in [0.5, 0.6) is 5.75 Å². The molecular weight excluding hydrogens is 326 g/mol. The maximum absolute atomic E-state index is 9.10. The van der Waals surface area contributed by atoms with Crippen LogP contribution in [-0.2, 0) is 9.59 Å². The predicted octanol–water partition coefficient (Wildman–Crippen LogP) is 1.12. The number of pyridine rings is 1. The van der Waals surface area contributed by atoms with E-state index in [0.29, 0.717) is 0 Å². The first-order valence-corrected chi connectivity index (χ1v) is 7.80. The molecule has 0 radical (unpaired) electrons. The molecule has 0 aliphatic carbocycles. The number of aryl methyl sites for hydroxylation is 1. The third-order valence-electron chi connectivity index (χ3n) is 3.84. The summed E-state index contributed by atoms with van der Waals surface area (Å²) < 4.78 is 5.43. The van der Waals surface area contributed by atoms with E-state index in [9.17, 15) is 0 Å². The van der Waals surface area contributed by atoms with Crippen molar-refractivity contribution in [1.29, 1.82) is 0 Å². The fourth-order valence-corrected chi connectivity index (χ4v) is 2.59. The lowest BCUT2D eigenvalue weighted by Crippen LogP contribution is -2.43. The maximum Gasteiger partial charge on any atom is 0.414 e. The second kappa shape index (κ2) is 8.29. The summed E-state index contributed by atoms with van der Waals surface area (Å²) in [6, 6.07) is 8.26. The van der Waals surface area contributed by atoms with E-state index < -0.39 is 11.9 Å². The molecule has 0 amide bonds. The molecule has 0 spiro atoms. The highest BCUT2D eigenvalue weighted by Crippen LogP contribution is 2.29. The monoisotopic (exact) mass is 347 g/mol. The van der Waals surface area contributed by atoms with Gasteiger partial charge in [-0.1, -0.05) is 12.1 Å². The second-order valence-corrected chi connectivity index (χ2v) is 5.50. The number of carboxylic acids is 2. The number of hydrogen-bond acceptors (Lipinski definition) is 6. The summed E-state index contributed by atoms with van der Waals surface area (Å²) in [5.74, 6) is -1.75.